The third-order valence-electron chi connectivity index (χ3n) is 4.77. The monoisotopic (exact) mass is 340 g/mol. The summed E-state index contributed by atoms with van der Waals surface area (Å²) >= 11 is 6.10. The molecule has 0 unspecified atom stereocenters. The van der Waals surface area contributed by atoms with Crippen LogP contribution in [0, 0.1) is 0 Å². The highest BCUT2D eigenvalue weighted by Gasteiger charge is 2.40. The van der Waals surface area contributed by atoms with E-state index in [9.17, 15) is 0 Å². The minimum atomic E-state index is -0.113. The first-order chi connectivity index (χ1) is 11.8. The van der Waals surface area contributed by atoms with Crippen LogP contribution in [0.1, 0.15) is 18.4 Å². The van der Waals surface area contributed by atoms with E-state index < -0.39 is 0 Å². The number of nitrogens with one attached hydrogen (secondary N) is 3. The van der Waals surface area contributed by atoms with E-state index in [4.69, 9.17) is 16.6 Å². The zero-order valence-electron chi connectivity index (χ0n) is 13.5. The standard InChI is InChI=1S/C19H21ClN4/c20-15-5-3-4-14(12-15)13-22-18-19(8-10-21-11-9-19)24-17-7-2-1-6-16(17)23-18/h1-7,12,21,24H,8-11,13H2,(H,22,23). The highest BCUT2D eigenvalue weighted by atomic mass is 35.5. The quantitative estimate of drug-likeness (QED) is 0.781. The van der Waals surface area contributed by atoms with E-state index in [1.807, 2.05) is 24.3 Å². The molecule has 2 aromatic rings. The lowest BCUT2D eigenvalue weighted by Crippen LogP contribution is -2.58. The molecular formula is C19H21ClN4. The molecule has 24 heavy (non-hydrogen) atoms. The van der Waals surface area contributed by atoms with Gasteiger partial charge >= 0.3 is 0 Å². The van der Waals surface area contributed by atoms with E-state index in [1.54, 1.807) is 0 Å². The normalized spacial score (nSPS) is 18.5. The van der Waals surface area contributed by atoms with E-state index in [0.717, 1.165) is 60.3 Å². The summed E-state index contributed by atoms with van der Waals surface area (Å²) in [7, 11) is 0. The lowest BCUT2D eigenvalue weighted by molar-refractivity contribution is 0.412. The van der Waals surface area contributed by atoms with Gasteiger partial charge < -0.3 is 16.0 Å². The van der Waals surface area contributed by atoms with Gasteiger partial charge in [-0.2, -0.15) is 0 Å². The molecule has 1 fully saturated rings. The van der Waals surface area contributed by atoms with Crippen molar-refractivity contribution in [3.8, 4) is 0 Å². The number of halogens is 1. The Labute approximate surface area is 147 Å². The molecule has 1 spiro atoms. The summed E-state index contributed by atoms with van der Waals surface area (Å²) in [6, 6.07) is 16.2. The molecule has 1 saturated heterocycles. The second-order valence-corrected chi connectivity index (χ2v) is 6.85. The second-order valence-electron chi connectivity index (χ2n) is 6.42. The highest BCUT2D eigenvalue weighted by Crippen LogP contribution is 2.36. The van der Waals surface area contributed by atoms with E-state index in [-0.39, 0.29) is 5.54 Å². The van der Waals surface area contributed by atoms with Crippen molar-refractivity contribution >= 4 is 28.8 Å². The van der Waals surface area contributed by atoms with Crippen LogP contribution in [0.4, 0.5) is 11.4 Å². The van der Waals surface area contributed by atoms with Gasteiger partial charge in [-0.1, -0.05) is 35.9 Å². The topological polar surface area (TPSA) is 48.5 Å². The smallest absolute Gasteiger partial charge is 0.128 e. The van der Waals surface area contributed by atoms with Crippen LogP contribution in [0.25, 0.3) is 0 Å². The fourth-order valence-electron chi connectivity index (χ4n) is 3.48. The number of amidine groups is 1. The first-order valence-corrected chi connectivity index (χ1v) is 8.78. The van der Waals surface area contributed by atoms with E-state index >= 15 is 0 Å². The maximum absolute atomic E-state index is 6.10. The number of benzene rings is 2. The van der Waals surface area contributed by atoms with Crippen LogP contribution >= 0.6 is 11.6 Å². The molecule has 3 N–H and O–H groups in total. The molecule has 4 rings (SSSR count). The van der Waals surface area contributed by atoms with E-state index in [2.05, 4.69) is 40.2 Å². The maximum Gasteiger partial charge on any atom is 0.128 e. The minimum absolute atomic E-state index is 0.113. The highest BCUT2D eigenvalue weighted by molar-refractivity contribution is 6.30. The number of para-hydroxylation sites is 2. The lowest BCUT2D eigenvalue weighted by Gasteiger charge is -2.43. The number of nitrogens with zero attached hydrogens (tertiary/aromatic N) is 1. The number of anilines is 1. The van der Waals surface area contributed by atoms with Crippen LogP contribution in [0.5, 0.6) is 0 Å². The van der Waals surface area contributed by atoms with E-state index in [1.165, 1.54) is 0 Å². The summed E-state index contributed by atoms with van der Waals surface area (Å²) < 4.78 is 0. The van der Waals surface area contributed by atoms with Gasteiger partial charge in [0.2, 0.25) is 0 Å². The van der Waals surface area contributed by atoms with Gasteiger partial charge in [-0.3, -0.25) is 0 Å². The van der Waals surface area contributed by atoms with Crippen LogP contribution in [-0.2, 0) is 6.54 Å². The molecule has 0 atom stereocenters. The van der Waals surface area contributed by atoms with Crippen molar-refractivity contribution in [2.75, 3.05) is 18.4 Å². The van der Waals surface area contributed by atoms with E-state index in [0.29, 0.717) is 0 Å². The zero-order valence-corrected chi connectivity index (χ0v) is 14.2. The number of aliphatic imine (C=N–C) groups is 1. The molecule has 0 amide bonds. The first kappa shape index (κ1) is 15.5. The number of hydrogen-bond acceptors (Lipinski definition) is 4. The van der Waals surface area contributed by atoms with Crippen LogP contribution in [0.3, 0.4) is 0 Å². The van der Waals surface area contributed by atoms with Gasteiger partial charge in [0.05, 0.1) is 16.9 Å². The molecule has 5 heteroatoms. The summed E-state index contributed by atoms with van der Waals surface area (Å²) in [4.78, 5) is 4.94. The molecule has 0 radical (unpaired) electrons. The zero-order chi connectivity index (χ0) is 16.4. The van der Waals surface area contributed by atoms with Crippen molar-refractivity contribution < 1.29 is 0 Å². The molecular weight excluding hydrogens is 320 g/mol. The largest absolute Gasteiger partial charge is 0.371 e. The number of rotatable bonds is 2. The molecule has 4 nitrogen and oxygen atoms in total. The van der Waals surface area contributed by atoms with Crippen LogP contribution in [0.2, 0.25) is 5.02 Å². The predicted octanol–water partition coefficient (Wildman–Crippen LogP) is 3.71. The van der Waals surface area contributed by atoms with Crippen LogP contribution in [-0.4, -0.2) is 24.5 Å². The third-order valence-corrected chi connectivity index (χ3v) is 5.00. The fraction of sp³-hybridized carbons (Fsp3) is 0.316. The molecule has 2 heterocycles. The molecule has 0 aromatic heterocycles. The van der Waals surface area contributed by atoms with Crippen molar-refractivity contribution in [2.45, 2.75) is 24.9 Å². The molecule has 2 aromatic carbocycles. The Morgan fingerprint density at radius 1 is 1.08 bits per heavy atom. The Hall–Kier alpha value is -2.04. The van der Waals surface area contributed by atoms with Gasteiger partial charge in [-0.05, 0) is 55.8 Å². The van der Waals surface area contributed by atoms with Crippen LogP contribution in [0.15, 0.2) is 53.5 Å². The van der Waals surface area contributed by atoms with Gasteiger partial charge in [0, 0.05) is 11.6 Å². The second kappa shape index (κ2) is 6.46. The van der Waals surface area contributed by atoms with Gasteiger partial charge in [0.25, 0.3) is 0 Å². The number of piperidine rings is 1. The lowest BCUT2D eigenvalue weighted by atomic mass is 9.85. The molecule has 2 aliphatic rings. The Morgan fingerprint density at radius 3 is 2.75 bits per heavy atom. The van der Waals surface area contributed by atoms with Crippen molar-refractivity contribution in [1.82, 2.24) is 10.6 Å². The summed E-state index contributed by atoms with van der Waals surface area (Å²) in [5.74, 6) is 1.03. The Bertz CT molecular complexity index is 765. The van der Waals surface area contributed by atoms with Gasteiger partial charge in [-0.15, -0.1) is 0 Å². The van der Waals surface area contributed by atoms with Gasteiger partial charge in [0.1, 0.15) is 5.84 Å². The van der Waals surface area contributed by atoms with Crippen molar-refractivity contribution in [3.05, 3.63) is 59.1 Å². The Kier molecular flexibility index (Phi) is 4.17. The molecule has 0 bridgehead atoms. The molecule has 0 saturated carbocycles. The SMILES string of the molecule is Clc1cccc(CNC2=Nc3ccccc3NC23CCNCC3)c1. The molecule has 0 aliphatic carbocycles. The average molecular weight is 341 g/mol. The average Bonchev–Trinajstić information content (AvgIpc) is 2.61. The predicted molar refractivity (Wildman–Crippen MR) is 100 cm³/mol. The summed E-state index contributed by atoms with van der Waals surface area (Å²) in [6.45, 7) is 2.71. The fourth-order valence-corrected chi connectivity index (χ4v) is 3.69. The van der Waals surface area contributed by atoms with Crippen molar-refractivity contribution in [3.63, 3.8) is 0 Å². The Balaban J connectivity index is 1.63. The van der Waals surface area contributed by atoms with Crippen molar-refractivity contribution in [2.24, 2.45) is 4.99 Å². The number of hydrogen-bond donors (Lipinski definition) is 3. The summed E-state index contributed by atoms with van der Waals surface area (Å²) in [5.41, 5.74) is 3.16. The number of fused-ring (bicyclic) bond motifs is 1. The van der Waals surface area contributed by atoms with Gasteiger partial charge in [0.15, 0.2) is 0 Å². The van der Waals surface area contributed by atoms with Crippen LogP contribution < -0.4 is 16.0 Å². The molecule has 2 aliphatic heterocycles. The summed E-state index contributed by atoms with van der Waals surface area (Å²) in [5, 5.41) is 11.5. The Morgan fingerprint density at radius 2 is 1.92 bits per heavy atom. The first-order valence-electron chi connectivity index (χ1n) is 8.41. The molecule has 124 valence electrons. The maximum atomic E-state index is 6.10. The third kappa shape index (κ3) is 2.99. The van der Waals surface area contributed by atoms with Crippen molar-refractivity contribution in [1.29, 1.82) is 0 Å². The minimum Gasteiger partial charge on any atom is -0.371 e. The van der Waals surface area contributed by atoms with Gasteiger partial charge in [-0.25, -0.2) is 4.99 Å². The summed E-state index contributed by atoms with van der Waals surface area (Å²) in [6.07, 6.45) is 2.03.